The molecule has 0 aliphatic carbocycles. The van der Waals surface area contributed by atoms with Crippen molar-refractivity contribution >= 4 is 22.8 Å². The second kappa shape index (κ2) is 11.4. The number of aryl methyl sites for hydroxylation is 1. The molecule has 3 heterocycles. The van der Waals surface area contributed by atoms with Crippen molar-refractivity contribution in [2.45, 2.75) is 46.1 Å². The van der Waals surface area contributed by atoms with E-state index in [2.05, 4.69) is 51.3 Å². The first-order valence-electron chi connectivity index (χ1n) is 13.0. The molecule has 1 fully saturated rings. The third-order valence-electron chi connectivity index (χ3n) is 6.90. The van der Waals surface area contributed by atoms with Crippen LogP contribution in [0.4, 0.5) is 5.82 Å². The predicted molar refractivity (Wildman–Crippen MR) is 143 cm³/mol. The lowest BCUT2D eigenvalue weighted by atomic mass is 9.95. The minimum atomic E-state index is -0.0238. The van der Waals surface area contributed by atoms with Crippen molar-refractivity contribution in [1.29, 1.82) is 0 Å². The van der Waals surface area contributed by atoms with Crippen molar-refractivity contribution < 1.29 is 14.1 Å². The molecule has 0 bridgehead atoms. The molecule has 2 aromatic carbocycles. The molecule has 0 atom stereocenters. The maximum absolute atomic E-state index is 12.9. The molecule has 1 saturated heterocycles. The highest BCUT2D eigenvalue weighted by atomic mass is 16.5. The molecule has 1 amide bonds. The van der Waals surface area contributed by atoms with Crippen molar-refractivity contribution in [1.82, 2.24) is 20.4 Å². The topological polar surface area (TPSA) is 93.4 Å². The second-order valence-corrected chi connectivity index (χ2v) is 9.60. The molecule has 2 aromatic heterocycles. The minimum Gasteiger partial charge on any atom is -0.494 e. The van der Waals surface area contributed by atoms with Gasteiger partial charge in [0, 0.05) is 31.1 Å². The van der Waals surface area contributed by atoms with Crippen LogP contribution in [0.5, 0.6) is 5.75 Å². The molecule has 4 aromatic rings. The van der Waals surface area contributed by atoms with Gasteiger partial charge in [-0.15, -0.1) is 0 Å². The molecule has 1 aliphatic heterocycles. The van der Waals surface area contributed by atoms with Crippen molar-refractivity contribution in [3.63, 3.8) is 0 Å². The summed E-state index contributed by atoms with van der Waals surface area (Å²) in [5.41, 5.74) is 4.43. The van der Waals surface area contributed by atoms with Crippen molar-refractivity contribution in [2.75, 3.05) is 24.6 Å². The summed E-state index contributed by atoms with van der Waals surface area (Å²) in [5, 5.41) is 8.22. The van der Waals surface area contributed by atoms with Crippen LogP contribution in [0.15, 0.2) is 59.4 Å². The number of carbonyl (C=O) groups excluding carboxylic acids is 1. The molecular weight excluding hydrogens is 466 g/mol. The SMILES string of the molecule is CCCCOc1ccc(CNC(=O)C2CCN(c3ncnc4onc(-c5ccc(C)cc5)c34)CC2)cc1. The lowest BCUT2D eigenvalue weighted by Gasteiger charge is -2.32. The van der Waals surface area contributed by atoms with Gasteiger partial charge in [-0.05, 0) is 43.9 Å². The fourth-order valence-corrected chi connectivity index (χ4v) is 4.64. The Labute approximate surface area is 217 Å². The Bertz CT molecular complexity index is 1330. The third-order valence-corrected chi connectivity index (χ3v) is 6.90. The summed E-state index contributed by atoms with van der Waals surface area (Å²) >= 11 is 0. The van der Waals surface area contributed by atoms with E-state index < -0.39 is 0 Å². The van der Waals surface area contributed by atoms with Gasteiger partial charge in [-0.25, -0.2) is 4.98 Å². The lowest BCUT2D eigenvalue weighted by Crippen LogP contribution is -2.40. The van der Waals surface area contributed by atoms with Crippen molar-refractivity contribution in [3.05, 3.63) is 66.0 Å². The number of nitrogens with zero attached hydrogens (tertiary/aromatic N) is 4. The van der Waals surface area contributed by atoms with Gasteiger partial charge in [-0.1, -0.05) is 60.5 Å². The zero-order chi connectivity index (χ0) is 25.6. The summed E-state index contributed by atoms with van der Waals surface area (Å²) in [5.74, 6) is 1.75. The number of ether oxygens (including phenoxy) is 1. The van der Waals surface area contributed by atoms with Crippen LogP contribution in [-0.2, 0) is 11.3 Å². The van der Waals surface area contributed by atoms with E-state index in [1.807, 2.05) is 36.4 Å². The highest BCUT2D eigenvalue weighted by Crippen LogP contribution is 2.34. The highest BCUT2D eigenvalue weighted by Gasteiger charge is 2.28. The van der Waals surface area contributed by atoms with Crippen LogP contribution in [0.3, 0.4) is 0 Å². The van der Waals surface area contributed by atoms with E-state index in [-0.39, 0.29) is 11.8 Å². The molecule has 37 heavy (non-hydrogen) atoms. The maximum atomic E-state index is 12.9. The zero-order valence-corrected chi connectivity index (χ0v) is 21.4. The largest absolute Gasteiger partial charge is 0.494 e. The zero-order valence-electron chi connectivity index (χ0n) is 21.4. The van der Waals surface area contributed by atoms with Crippen LogP contribution < -0.4 is 15.0 Å². The molecule has 5 rings (SSSR count). The van der Waals surface area contributed by atoms with Gasteiger partial charge in [-0.2, -0.15) is 4.98 Å². The van der Waals surface area contributed by atoms with Crippen molar-refractivity contribution in [3.8, 4) is 17.0 Å². The number of hydrogen-bond donors (Lipinski definition) is 1. The fourth-order valence-electron chi connectivity index (χ4n) is 4.64. The Morgan fingerprint density at radius 2 is 1.84 bits per heavy atom. The monoisotopic (exact) mass is 499 g/mol. The molecule has 8 heteroatoms. The summed E-state index contributed by atoms with van der Waals surface area (Å²) in [6, 6.07) is 16.1. The minimum absolute atomic E-state index is 0.0238. The predicted octanol–water partition coefficient (Wildman–Crippen LogP) is 5.30. The van der Waals surface area contributed by atoms with E-state index in [0.29, 0.717) is 12.3 Å². The van der Waals surface area contributed by atoms with E-state index in [9.17, 15) is 4.79 Å². The Hall–Kier alpha value is -3.94. The van der Waals surface area contributed by atoms with E-state index in [0.717, 1.165) is 79.2 Å². The Morgan fingerprint density at radius 3 is 2.57 bits per heavy atom. The number of piperidine rings is 1. The van der Waals surface area contributed by atoms with E-state index in [4.69, 9.17) is 9.26 Å². The summed E-state index contributed by atoms with van der Waals surface area (Å²) in [4.78, 5) is 24.0. The van der Waals surface area contributed by atoms with Gasteiger partial charge in [0.2, 0.25) is 5.91 Å². The van der Waals surface area contributed by atoms with Crippen LogP contribution >= 0.6 is 0 Å². The number of anilines is 1. The van der Waals surface area contributed by atoms with Crippen LogP contribution in [0.25, 0.3) is 22.4 Å². The fraction of sp³-hybridized carbons (Fsp3) is 0.379. The van der Waals surface area contributed by atoms with E-state index in [1.54, 1.807) is 0 Å². The first-order valence-corrected chi connectivity index (χ1v) is 13.0. The summed E-state index contributed by atoms with van der Waals surface area (Å²) in [6.07, 6.45) is 5.19. The number of aromatic nitrogens is 3. The molecule has 0 saturated carbocycles. The quantitative estimate of drug-likeness (QED) is 0.312. The molecule has 8 nitrogen and oxygen atoms in total. The van der Waals surface area contributed by atoms with Gasteiger partial charge in [0.25, 0.3) is 5.71 Å². The molecule has 0 unspecified atom stereocenters. The van der Waals surface area contributed by atoms with Gasteiger partial charge in [0.1, 0.15) is 29.0 Å². The van der Waals surface area contributed by atoms with Gasteiger partial charge in [-0.3, -0.25) is 4.79 Å². The number of rotatable bonds is 9. The molecule has 192 valence electrons. The average Bonchev–Trinajstić information content (AvgIpc) is 3.38. The van der Waals surface area contributed by atoms with Crippen LogP contribution in [0, 0.1) is 12.8 Å². The van der Waals surface area contributed by atoms with Gasteiger partial charge < -0.3 is 19.5 Å². The first-order chi connectivity index (χ1) is 18.1. The first kappa shape index (κ1) is 24.7. The Morgan fingerprint density at radius 1 is 1.08 bits per heavy atom. The van der Waals surface area contributed by atoms with Gasteiger partial charge in [0.15, 0.2) is 0 Å². The van der Waals surface area contributed by atoms with E-state index in [1.165, 1.54) is 11.9 Å². The molecule has 1 aliphatic rings. The normalized spacial score (nSPS) is 14.2. The Balaban J connectivity index is 1.19. The van der Waals surface area contributed by atoms with Crippen LogP contribution in [0.1, 0.15) is 43.7 Å². The van der Waals surface area contributed by atoms with Crippen LogP contribution in [-0.4, -0.2) is 40.7 Å². The molecule has 1 N–H and O–H groups in total. The standard InChI is InChI=1S/C29H33N5O3/c1-3-4-17-36-24-11-7-21(8-12-24)18-30-28(35)23-13-15-34(16-14-23)27-25-26(22-9-5-20(2)6-10-22)33-37-29(25)32-19-31-27/h5-12,19,23H,3-4,13-18H2,1-2H3,(H,30,35). The number of hydrogen-bond acceptors (Lipinski definition) is 7. The number of fused-ring (bicyclic) bond motifs is 1. The molecule has 0 spiro atoms. The molecular formula is C29H33N5O3. The number of unbranched alkanes of at least 4 members (excludes halogenated alkanes) is 1. The maximum Gasteiger partial charge on any atom is 0.263 e. The average molecular weight is 500 g/mol. The number of amides is 1. The number of benzene rings is 2. The van der Waals surface area contributed by atoms with Gasteiger partial charge >= 0.3 is 0 Å². The van der Waals surface area contributed by atoms with E-state index >= 15 is 0 Å². The highest BCUT2D eigenvalue weighted by molar-refractivity contribution is 5.98. The second-order valence-electron chi connectivity index (χ2n) is 9.60. The van der Waals surface area contributed by atoms with Gasteiger partial charge in [0.05, 0.1) is 6.61 Å². The summed E-state index contributed by atoms with van der Waals surface area (Å²) in [7, 11) is 0. The number of nitrogens with one attached hydrogen (secondary N) is 1. The molecule has 0 radical (unpaired) electrons. The summed E-state index contributed by atoms with van der Waals surface area (Å²) < 4.78 is 11.2. The lowest BCUT2D eigenvalue weighted by molar-refractivity contribution is -0.125. The smallest absolute Gasteiger partial charge is 0.263 e. The van der Waals surface area contributed by atoms with Crippen LogP contribution in [0.2, 0.25) is 0 Å². The number of carbonyl (C=O) groups is 1. The third kappa shape index (κ3) is 5.74. The van der Waals surface area contributed by atoms with Crippen molar-refractivity contribution in [2.24, 2.45) is 5.92 Å². The Kier molecular flexibility index (Phi) is 7.63. The summed E-state index contributed by atoms with van der Waals surface area (Å²) in [6.45, 7) is 6.91.